The highest BCUT2D eigenvalue weighted by molar-refractivity contribution is 7.80. The fraction of sp³-hybridized carbons (Fsp3) is 0.571. The smallest absolute Gasteiger partial charge is 0.101 e. The maximum atomic E-state index is 5.00. The number of hydrogen-bond acceptors (Lipinski definition) is 1. The van der Waals surface area contributed by atoms with Crippen LogP contribution >= 0.6 is 12.2 Å². The summed E-state index contributed by atoms with van der Waals surface area (Å²) in [5, 5.41) is 2.93. The summed E-state index contributed by atoms with van der Waals surface area (Å²) in [6.45, 7) is 4.10. The molecule has 2 heteroatoms. The van der Waals surface area contributed by atoms with Gasteiger partial charge in [-0.1, -0.05) is 25.2 Å². The number of thiocarbonyl (C=S) groups is 1. The van der Waals surface area contributed by atoms with Crippen LogP contribution in [0.25, 0.3) is 0 Å². The Morgan fingerprint density at radius 3 is 2.33 bits per heavy atom. The molecule has 52 valence electrons. The summed E-state index contributed by atoms with van der Waals surface area (Å²) in [4.78, 5) is 0.861. The highest BCUT2D eigenvalue weighted by Gasteiger charge is 1.95. The molecule has 0 unspecified atom stereocenters. The van der Waals surface area contributed by atoms with Crippen LogP contribution < -0.4 is 5.32 Å². The zero-order valence-electron chi connectivity index (χ0n) is 6.19. The Morgan fingerprint density at radius 2 is 2.22 bits per heavy atom. The number of rotatable bonds is 2. The lowest BCUT2D eigenvalue weighted by Gasteiger charge is -2.03. The summed E-state index contributed by atoms with van der Waals surface area (Å²) in [6.07, 6.45) is 3.05. The van der Waals surface area contributed by atoms with Crippen molar-refractivity contribution in [2.75, 3.05) is 7.05 Å². The number of likely N-dealkylation sites (N-methyl/N-ethyl adjacent to an activating group) is 1. The molecular weight excluding hydrogens is 130 g/mol. The van der Waals surface area contributed by atoms with Crippen molar-refractivity contribution in [3.05, 3.63) is 11.6 Å². The summed E-state index contributed by atoms with van der Waals surface area (Å²) in [5.74, 6) is 0. The van der Waals surface area contributed by atoms with E-state index >= 15 is 0 Å². The maximum absolute atomic E-state index is 5.00. The van der Waals surface area contributed by atoms with Crippen LogP contribution in [0.2, 0.25) is 0 Å². The first-order valence-electron chi connectivity index (χ1n) is 3.13. The number of nitrogens with one attached hydrogen (secondary N) is 1. The van der Waals surface area contributed by atoms with Crippen LogP contribution in [0.15, 0.2) is 11.6 Å². The third kappa shape index (κ3) is 2.61. The second-order valence-electron chi connectivity index (χ2n) is 1.75. The van der Waals surface area contributed by atoms with E-state index in [0.717, 1.165) is 11.4 Å². The lowest BCUT2D eigenvalue weighted by Crippen LogP contribution is -2.17. The van der Waals surface area contributed by atoms with E-state index in [2.05, 4.69) is 12.2 Å². The summed E-state index contributed by atoms with van der Waals surface area (Å²) in [6, 6.07) is 0. The molecule has 0 bridgehead atoms. The molecule has 0 fully saturated rings. The summed E-state index contributed by atoms with van der Waals surface area (Å²) < 4.78 is 0. The fourth-order valence-electron chi connectivity index (χ4n) is 0.656. The van der Waals surface area contributed by atoms with Crippen molar-refractivity contribution in [3.63, 3.8) is 0 Å². The molecular formula is C7H13NS. The Labute approximate surface area is 62.1 Å². The minimum absolute atomic E-state index is 0.861. The zero-order chi connectivity index (χ0) is 7.28. The van der Waals surface area contributed by atoms with Crippen molar-refractivity contribution in [1.29, 1.82) is 0 Å². The van der Waals surface area contributed by atoms with Crippen molar-refractivity contribution >= 4 is 17.2 Å². The van der Waals surface area contributed by atoms with Gasteiger partial charge in [-0.25, -0.2) is 0 Å². The average Bonchev–Trinajstić information content (AvgIpc) is 1.90. The van der Waals surface area contributed by atoms with Gasteiger partial charge in [0.2, 0.25) is 0 Å². The molecule has 0 rings (SSSR count). The van der Waals surface area contributed by atoms with Gasteiger partial charge in [-0.05, 0) is 18.9 Å². The molecule has 0 aliphatic carbocycles. The molecule has 0 saturated heterocycles. The molecule has 0 aromatic heterocycles. The first-order chi connectivity index (χ1) is 4.26. The first kappa shape index (κ1) is 8.63. The SMILES string of the molecule is C/C=C(\CC)C(=S)NC. The largest absolute Gasteiger partial charge is 0.379 e. The van der Waals surface area contributed by atoms with Gasteiger partial charge in [-0.15, -0.1) is 0 Å². The molecule has 0 atom stereocenters. The summed E-state index contributed by atoms with van der Waals surface area (Å²) >= 11 is 5.00. The summed E-state index contributed by atoms with van der Waals surface area (Å²) in [7, 11) is 1.85. The van der Waals surface area contributed by atoms with E-state index in [1.165, 1.54) is 5.57 Å². The van der Waals surface area contributed by atoms with E-state index in [1.54, 1.807) is 0 Å². The maximum Gasteiger partial charge on any atom is 0.101 e. The van der Waals surface area contributed by atoms with Crippen LogP contribution in [0, 0.1) is 0 Å². The van der Waals surface area contributed by atoms with E-state index in [4.69, 9.17) is 12.2 Å². The van der Waals surface area contributed by atoms with Crippen LogP contribution in [0.3, 0.4) is 0 Å². The van der Waals surface area contributed by atoms with Gasteiger partial charge in [0.05, 0.1) is 0 Å². The Bertz CT molecular complexity index is 127. The number of allylic oxidation sites excluding steroid dienone is 1. The van der Waals surface area contributed by atoms with Gasteiger partial charge in [0, 0.05) is 7.05 Å². The normalized spacial score (nSPS) is 11.2. The van der Waals surface area contributed by atoms with Gasteiger partial charge in [0.1, 0.15) is 4.99 Å². The van der Waals surface area contributed by atoms with Crippen molar-refractivity contribution in [2.45, 2.75) is 20.3 Å². The topological polar surface area (TPSA) is 12.0 Å². The average molecular weight is 143 g/mol. The fourth-order valence-corrected chi connectivity index (χ4v) is 0.919. The summed E-state index contributed by atoms with van der Waals surface area (Å²) in [5.41, 5.74) is 1.22. The van der Waals surface area contributed by atoms with Gasteiger partial charge in [-0.2, -0.15) is 0 Å². The molecule has 0 aromatic rings. The second kappa shape index (κ2) is 4.50. The Hall–Kier alpha value is -0.370. The highest BCUT2D eigenvalue weighted by atomic mass is 32.1. The Morgan fingerprint density at radius 1 is 1.67 bits per heavy atom. The van der Waals surface area contributed by atoms with Crippen LogP contribution in [0.4, 0.5) is 0 Å². The molecule has 0 aliphatic rings. The molecule has 0 spiro atoms. The van der Waals surface area contributed by atoms with E-state index in [1.807, 2.05) is 20.0 Å². The van der Waals surface area contributed by atoms with Crippen LogP contribution in [0.5, 0.6) is 0 Å². The van der Waals surface area contributed by atoms with Crippen molar-refractivity contribution < 1.29 is 0 Å². The van der Waals surface area contributed by atoms with Gasteiger partial charge in [0.15, 0.2) is 0 Å². The van der Waals surface area contributed by atoms with Crippen LogP contribution in [-0.2, 0) is 0 Å². The molecule has 0 aromatic carbocycles. The quantitative estimate of drug-likeness (QED) is 0.468. The third-order valence-corrected chi connectivity index (χ3v) is 1.71. The molecule has 1 nitrogen and oxygen atoms in total. The highest BCUT2D eigenvalue weighted by Crippen LogP contribution is 2.00. The van der Waals surface area contributed by atoms with Crippen LogP contribution in [-0.4, -0.2) is 12.0 Å². The van der Waals surface area contributed by atoms with E-state index in [-0.39, 0.29) is 0 Å². The minimum atomic E-state index is 0.861. The molecule has 0 heterocycles. The predicted octanol–water partition coefficient (Wildman–Crippen LogP) is 1.89. The Kier molecular flexibility index (Phi) is 4.32. The van der Waals surface area contributed by atoms with Gasteiger partial charge in [0.25, 0.3) is 0 Å². The van der Waals surface area contributed by atoms with Crippen molar-refractivity contribution in [2.24, 2.45) is 0 Å². The van der Waals surface area contributed by atoms with Gasteiger partial charge >= 0.3 is 0 Å². The minimum Gasteiger partial charge on any atom is -0.379 e. The first-order valence-corrected chi connectivity index (χ1v) is 3.54. The van der Waals surface area contributed by atoms with Crippen molar-refractivity contribution in [1.82, 2.24) is 5.32 Å². The molecule has 9 heavy (non-hydrogen) atoms. The monoisotopic (exact) mass is 143 g/mol. The van der Waals surface area contributed by atoms with E-state index in [0.29, 0.717) is 0 Å². The standard InChI is InChI=1S/C7H13NS/c1-4-6(5-2)7(9)8-3/h4H,5H2,1-3H3,(H,8,9)/b6-4+. The van der Waals surface area contributed by atoms with Crippen molar-refractivity contribution in [3.8, 4) is 0 Å². The van der Waals surface area contributed by atoms with Gasteiger partial charge < -0.3 is 5.32 Å². The van der Waals surface area contributed by atoms with E-state index < -0.39 is 0 Å². The molecule has 0 saturated carbocycles. The molecule has 0 amide bonds. The van der Waals surface area contributed by atoms with Crippen LogP contribution in [0.1, 0.15) is 20.3 Å². The third-order valence-electron chi connectivity index (χ3n) is 1.25. The zero-order valence-corrected chi connectivity index (χ0v) is 7.01. The molecule has 0 aliphatic heterocycles. The van der Waals surface area contributed by atoms with E-state index in [9.17, 15) is 0 Å². The molecule has 1 N–H and O–H groups in total. The number of hydrogen-bond donors (Lipinski definition) is 1. The van der Waals surface area contributed by atoms with Gasteiger partial charge in [-0.3, -0.25) is 0 Å². The lowest BCUT2D eigenvalue weighted by molar-refractivity contribution is 1.11. The predicted molar refractivity (Wildman–Crippen MR) is 45.7 cm³/mol. The Balaban J connectivity index is 3.97. The second-order valence-corrected chi connectivity index (χ2v) is 2.15. The molecule has 0 radical (unpaired) electrons. The lowest BCUT2D eigenvalue weighted by atomic mass is 10.2.